The zero-order valence-corrected chi connectivity index (χ0v) is 19.3. The van der Waals surface area contributed by atoms with E-state index in [0.29, 0.717) is 29.8 Å². The quantitative estimate of drug-likeness (QED) is 0.309. The standard InChI is InChI=1S/C27H25FN2O5/c1-3-12-29-21-9-5-4-8-19(21)27(26(29)34)22(23(31)17-11-10-16(2)20(28)14-17)24(32)25(33)30(27)15-18-7-6-13-35-18/h3-5,8-11,14,18,31H,1,6-7,12-13,15H2,2H3/b23-22+. The van der Waals surface area contributed by atoms with Gasteiger partial charge in [0.15, 0.2) is 5.54 Å². The van der Waals surface area contributed by atoms with Gasteiger partial charge in [-0.15, -0.1) is 6.58 Å². The van der Waals surface area contributed by atoms with Crippen molar-refractivity contribution in [1.82, 2.24) is 4.90 Å². The maximum atomic E-state index is 14.4. The van der Waals surface area contributed by atoms with E-state index in [1.54, 1.807) is 37.3 Å². The summed E-state index contributed by atoms with van der Waals surface area (Å²) in [5, 5.41) is 11.4. The smallest absolute Gasteiger partial charge is 0.296 e. The summed E-state index contributed by atoms with van der Waals surface area (Å²) in [5.74, 6) is -3.63. The number of rotatable bonds is 5. The first-order valence-corrected chi connectivity index (χ1v) is 11.5. The second-order valence-electron chi connectivity index (χ2n) is 9.00. The van der Waals surface area contributed by atoms with Crippen molar-refractivity contribution in [2.75, 3.05) is 24.6 Å². The first-order valence-electron chi connectivity index (χ1n) is 11.5. The van der Waals surface area contributed by atoms with Gasteiger partial charge in [0.2, 0.25) is 0 Å². The Kier molecular flexibility index (Phi) is 5.56. The molecule has 3 heterocycles. The highest BCUT2D eigenvalue weighted by Crippen LogP contribution is 2.53. The molecule has 2 fully saturated rings. The number of nitrogens with zero attached hydrogens (tertiary/aromatic N) is 2. The number of para-hydroxylation sites is 1. The largest absolute Gasteiger partial charge is 0.507 e. The van der Waals surface area contributed by atoms with E-state index in [1.165, 1.54) is 21.9 Å². The molecule has 0 aromatic heterocycles. The van der Waals surface area contributed by atoms with Crippen LogP contribution in [0.5, 0.6) is 0 Å². The number of Topliss-reactive ketones (excluding diaryl/α,β-unsaturated/α-hetero) is 1. The van der Waals surface area contributed by atoms with Gasteiger partial charge in [0.25, 0.3) is 17.6 Å². The van der Waals surface area contributed by atoms with E-state index in [1.807, 2.05) is 0 Å². The van der Waals surface area contributed by atoms with Gasteiger partial charge in [-0.2, -0.15) is 0 Å². The molecule has 0 saturated carbocycles. The maximum Gasteiger partial charge on any atom is 0.296 e. The minimum absolute atomic E-state index is 0.00557. The van der Waals surface area contributed by atoms with E-state index in [0.717, 1.165) is 12.5 Å². The fourth-order valence-corrected chi connectivity index (χ4v) is 5.30. The van der Waals surface area contributed by atoms with Gasteiger partial charge in [-0.05, 0) is 37.5 Å². The van der Waals surface area contributed by atoms with Crippen molar-refractivity contribution < 1.29 is 28.6 Å². The van der Waals surface area contributed by atoms with Crippen molar-refractivity contribution in [3.63, 3.8) is 0 Å². The van der Waals surface area contributed by atoms with Gasteiger partial charge in [-0.25, -0.2) is 4.39 Å². The maximum absolute atomic E-state index is 14.4. The van der Waals surface area contributed by atoms with Gasteiger partial charge in [-0.1, -0.05) is 36.4 Å². The number of amides is 2. The van der Waals surface area contributed by atoms with E-state index >= 15 is 0 Å². The second-order valence-corrected chi connectivity index (χ2v) is 9.00. The molecule has 0 radical (unpaired) electrons. The molecule has 2 amide bonds. The Hall–Kier alpha value is -3.78. The lowest BCUT2D eigenvalue weighted by Gasteiger charge is -2.35. The van der Waals surface area contributed by atoms with Crippen LogP contribution in [0.4, 0.5) is 10.1 Å². The van der Waals surface area contributed by atoms with Gasteiger partial charge in [0, 0.05) is 30.8 Å². The van der Waals surface area contributed by atoms with Crippen LogP contribution in [-0.2, 0) is 24.7 Å². The summed E-state index contributed by atoms with van der Waals surface area (Å²) in [6, 6.07) is 10.9. The van der Waals surface area contributed by atoms with Crippen LogP contribution in [0, 0.1) is 12.7 Å². The van der Waals surface area contributed by atoms with Crippen LogP contribution in [0.15, 0.2) is 60.7 Å². The van der Waals surface area contributed by atoms with Crippen molar-refractivity contribution in [3.05, 3.63) is 83.2 Å². The average molecular weight is 477 g/mol. The summed E-state index contributed by atoms with van der Waals surface area (Å²) in [6.45, 7) is 5.98. The number of benzene rings is 2. The van der Waals surface area contributed by atoms with Crippen LogP contribution in [0.2, 0.25) is 0 Å². The van der Waals surface area contributed by atoms with Crippen molar-refractivity contribution in [1.29, 1.82) is 0 Å². The lowest BCUT2D eigenvalue weighted by molar-refractivity contribution is -0.145. The zero-order chi connectivity index (χ0) is 24.9. The number of hydrogen-bond donors (Lipinski definition) is 1. The molecule has 3 aliphatic heterocycles. The molecule has 2 unspecified atom stereocenters. The summed E-state index contributed by atoms with van der Waals surface area (Å²) < 4.78 is 20.1. The summed E-state index contributed by atoms with van der Waals surface area (Å²) in [6.07, 6.45) is 2.68. The van der Waals surface area contributed by atoms with Crippen LogP contribution >= 0.6 is 0 Å². The van der Waals surface area contributed by atoms with Crippen molar-refractivity contribution >= 4 is 29.0 Å². The fourth-order valence-electron chi connectivity index (χ4n) is 5.30. The van der Waals surface area contributed by atoms with E-state index in [-0.39, 0.29) is 30.3 Å². The number of likely N-dealkylation sites (tertiary alicyclic amines) is 1. The Morgan fingerprint density at radius 1 is 1.26 bits per heavy atom. The van der Waals surface area contributed by atoms with Gasteiger partial charge in [0.05, 0.1) is 17.4 Å². The van der Waals surface area contributed by atoms with Crippen LogP contribution in [0.25, 0.3) is 5.76 Å². The highest BCUT2D eigenvalue weighted by Gasteiger charge is 2.67. The third-order valence-electron chi connectivity index (χ3n) is 6.98. The predicted molar refractivity (Wildman–Crippen MR) is 127 cm³/mol. The van der Waals surface area contributed by atoms with E-state index in [4.69, 9.17) is 4.74 Å². The number of aliphatic hydroxyl groups is 1. The van der Waals surface area contributed by atoms with E-state index in [2.05, 4.69) is 6.58 Å². The average Bonchev–Trinajstić information content (AvgIpc) is 3.51. The minimum atomic E-state index is -1.90. The fraction of sp³-hybridized carbons (Fsp3) is 0.296. The van der Waals surface area contributed by atoms with Crippen molar-refractivity contribution in [2.45, 2.75) is 31.4 Å². The second kappa shape index (κ2) is 8.46. The molecule has 2 aromatic rings. The van der Waals surface area contributed by atoms with Gasteiger partial charge < -0.3 is 19.6 Å². The molecule has 0 aliphatic carbocycles. The number of ether oxygens (including phenoxy) is 1. The van der Waals surface area contributed by atoms with Crippen LogP contribution < -0.4 is 4.90 Å². The van der Waals surface area contributed by atoms with Crippen molar-refractivity contribution in [2.24, 2.45) is 0 Å². The molecule has 2 atom stereocenters. The summed E-state index contributed by atoms with van der Waals surface area (Å²) in [5.41, 5.74) is -0.987. The highest BCUT2D eigenvalue weighted by atomic mass is 19.1. The number of aliphatic hydroxyl groups excluding tert-OH is 1. The highest BCUT2D eigenvalue weighted by molar-refractivity contribution is 6.50. The predicted octanol–water partition coefficient (Wildman–Crippen LogP) is 3.42. The monoisotopic (exact) mass is 476 g/mol. The lowest BCUT2D eigenvalue weighted by Crippen LogP contribution is -2.53. The molecular formula is C27H25FN2O5. The van der Waals surface area contributed by atoms with E-state index in [9.17, 15) is 23.9 Å². The molecule has 180 valence electrons. The van der Waals surface area contributed by atoms with Crippen molar-refractivity contribution in [3.8, 4) is 0 Å². The van der Waals surface area contributed by atoms with Crippen LogP contribution in [0.1, 0.15) is 29.5 Å². The number of carbonyl (C=O) groups is 3. The van der Waals surface area contributed by atoms with Crippen LogP contribution in [0.3, 0.4) is 0 Å². The molecule has 8 heteroatoms. The van der Waals surface area contributed by atoms with Gasteiger partial charge in [0.1, 0.15) is 11.6 Å². The van der Waals surface area contributed by atoms with Gasteiger partial charge >= 0.3 is 0 Å². The Morgan fingerprint density at radius 2 is 2.03 bits per heavy atom. The number of halogens is 1. The molecule has 1 spiro atoms. The first-order chi connectivity index (χ1) is 16.8. The number of ketones is 1. The molecule has 2 aromatic carbocycles. The SMILES string of the molecule is C=CCN1C(=O)C2(/C(=C(/O)c3ccc(C)c(F)c3)C(=O)C(=O)N2CC2CCCO2)c2ccccc21. The number of carbonyl (C=O) groups excluding carboxylic acids is 3. The molecule has 2 saturated heterocycles. The summed E-state index contributed by atoms with van der Waals surface area (Å²) in [4.78, 5) is 43.8. The minimum Gasteiger partial charge on any atom is -0.507 e. The summed E-state index contributed by atoms with van der Waals surface area (Å²) in [7, 11) is 0. The number of hydrogen-bond acceptors (Lipinski definition) is 5. The Balaban J connectivity index is 1.80. The number of aryl methyl sites for hydroxylation is 1. The number of anilines is 1. The lowest BCUT2D eigenvalue weighted by atomic mass is 9.81. The zero-order valence-electron chi connectivity index (χ0n) is 19.3. The topological polar surface area (TPSA) is 87.2 Å². The Bertz CT molecular complexity index is 1300. The van der Waals surface area contributed by atoms with E-state index < -0.39 is 34.7 Å². The molecule has 0 bridgehead atoms. The molecular weight excluding hydrogens is 451 g/mol. The summed E-state index contributed by atoms with van der Waals surface area (Å²) >= 11 is 0. The molecule has 35 heavy (non-hydrogen) atoms. The van der Waals surface area contributed by atoms with Gasteiger partial charge in [-0.3, -0.25) is 14.4 Å². The Labute approximate surface area is 202 Å². The third kappa shape index (κ3) is 3.24. The molecule has 5 rings (SSSR count). The normalized spacial score (nSPS) is 25.1. The first kappa shape index (κ1) is 23.0. The Morgan fingerprint density at radius 3 is 2.71 bits per heavy atom. The van der Waals surface area contributed by atoms with Crippen LogP contribution in [-0.4, -0.2) is 53.4 Å². The third-order valence-corrected chi connectivity index (χ3v) is 6.98. The molecule has 3 aliphatic rings. The molecule has 1 N–H and O–H groups in total. The number of fused-ring (bicyclic) bond motifs is 2. The molecule has 7 nitrogen and oxygen atoms in total.